The minimum atomic E-state index is -1.18. The molecule has 0 saturated carbocycles. The number of phenols is 1. The van der Waals surface area contributed by atoms with Crippen LogP contribution >= 0.6 is 0 Å². The molecule has 0 aliphatic rings. The maximum atomic E-state index is 11.6. The van der Waals surface area contributed by atoms with Crippen LogP contribution in [0.15, 0.2) is 36.4 Å². The lowest BCUT2D eigenvalue weighted by Crippen LogP contribution is -2.07. The first kappa shape index (κ1) is 21.8. The molecule has 2 N–H and O–H groups in total. The van der Waals surface area contributed by atoms with E-state index in [-0.39, 0.29) is 11.5 Å². The van der Waals surface area contributed by atoms with Crippen molar-refractivity contribution in [3.05, 3.63) is 53.1 Å². The average Bonchev–Trinajstić information content (AvgIpc) is 2.68. The summed E-state index contributed by atoms with van der Waals surface area (Å²) in [6.45, 7) is 4.20. The van der Waals surface area contributed by atoms with Crippen LogP contribution in [0.5, 0.6) is 17.2 Å². The van der Waals surface area contributed by atoms with Crippen molar-refractivity contribution in [2.75, 3.05) is 13.2 Å². The van der Waals surface area contributed by atoms with Crippen LogP contribution in [0.2, 0.25) is 0 Å². The Bertz CT molecular complexity index is 936. The van der Waals surface area contributed by atoms with Crippen molar-refractivity contribution in [3.8, 4) is 29.1 Å². The van der Waals surface area contributed by atoms with Gasteiger partial charge in [-0.15, -0.1) is 0 Å². The van der Waals surface area contributed by atoms with Crippen LogP contribution in [0.3, 0.4) is 0 Å². The molecule has 2 aromatic rings. The van der Waals surface area contributed by atoms with E-state index in [1.54, 1.807) is 36.4 Å². The van der Waals surface area contributed by atoms with Gasteiger partial charge in [-0.05, 0) is 43.7 Å². The Labute approximate surface area is 170 Å². The fourth-order valence-electron chi connectivity index (χ4n) is 2.75. The molecule has 0 amide bonds. The Balaban J connectivity index is 1.91. The fraction of sp³-hybridized carbons (Fsp3) is 0.304. The van der Waals surface area contributed by atoms with Crippen molar-refractivity contribution >= 4 is 11.8 Å². The van der Waals surface area contributed by atoms with E-state index >= 15 is 0 Å². The minimum Gasteiger partial charge on any atom is -0.507 e. The van der Waals surface area contributed by atoms with Gasteiger partial charge in [-0.25, -0.2) is 4.79 Å². The molecule has 2 rings (SSSR count). The topological polar surface area (TPSA) is 93.1 Å². The van der Waals surface area contributed by atoms with E-state index in [9.17, 15) is 14.7 Å². The average molecular weight is 396 g/mol. The highest BCUT2D eigenvalue weighted by Gasteiger charge is 2.15. The van der Waals surface area contributed by atoms with Gasteiger partial charge in [-0.3, -0.25) is 4.79 Å². The van der Waals surface area contributed by atoms with E-state index in [0.717, 1.165) is 6.42 Å². The third-order valence-electron chi connectivity index (χ3n) is 4.08. The Morgan fingerprint density at radius 3 is 2.55 bits per heavy atom. The van der Waals surface area contributed by atoms with E-state index in [2.05, 4.69) is 11.8 Å². The highest BCUT2D eigenvalue weighted by atomic mass is 16.5. The molecule has 2 aromatic carbocycles. The first-order valence-corrected chi connectivity index (χ1v) is 9.38. The molecule has 0 saturated heterocycles. The van der Waals surface area contributed by atoms with Gasteiger partial charge in [0.25, 0.3) is 0 Å². The molecule has 0 bridgehead atoms. The number of aliphatic carboxylic acids is 1. The lowest BCUT2D eigenvalue weighted by Gasteiger charge is -2.15. The molecule has 0 radical (unpaired) electrons. The van der Waals surface area contributed by atoms with Crippen LogP contribution in [-0.4, -0.2) is 35.2 Å². The molecule has 0 aliphatic carbocycles. The molecule has 6 heteroatoms. The van der Waals surface area contributed by atoms with Crippen LogP contribution < -0.4 is 9.47 Å². The minimum absolute atomic E-state index is 0.00705. The predicted octanol–water partition coefficient (Wildman–Crippen LogP) is 3.83. The maximum absolute atomic E-state index is 11.6. The van der Waals surface area contributed by atoms with Gasteiger partial charge in [-0.1, -0.05) is 25.3 Å². The Morgan fingerprint density at radius 2 is 1.86 bits per heavy atom. The molecule has 0 unspecified atom stereocenters. The van der Waals surface area contributed by atoms with Gasteiger partial charge in [0, 0.05) is 23.5 Å². The number of carbonyl (C=O) groups excluding carboxylic acids is 1. The van der Waals surface area contributed by atoms with E-state index in [0.29, 0.717) is 54.2 Å². The zero-order valence-electron chi connectivity index (χ0n) is 16.5. The Kier molecular flexibility index (Phi) is 8.11. The summed E-state index contributed by atoms with van der Waals surface area (Å²) in [6.07, 6.45) is 2.03. The maximum Gasteiger partial charge on any atom is 0.382 e. The van der Waals surface area contributed by atoms with Gasteiger partial charge >= 0.3 is 5.97 Å². The molecular weight excluding hydrogens is 372 g/mol. The van der Waals surface area contributed by atoms with Crippen molar-refractivity contribution < 1.29 is 29.3 Å². The third-order valence-corrected chi connectivity index (χ3v) is 4.08. The number of ketones is 1. The summed E-state index contributed by atoms with van der Waals surface area (Å²) < 4.78 is 11.4. The van der Waals surface area contributed by atoms with Crippen LogP contribution in [0, 0.1) is 11.8 Å². The molecule has 6 nitrogen and oxygen atoms in total. The van der Waals surface area contributed by atoms with Gasteiger partial charge in [0.05, 0.1) is 18.8 Å². The van der Waals surface area contributed by atoms with Gasteiger partial charge < -0.3 is 19.7 Å². The molecule has 152 valence electrons. The smallest absolute Gasteiger partial charge is 0.382 e. The molecular formula is C23H24O6. The van der Waals surface area contributed by atoms with Gasteiger partial charge in [0.15, 0.2) is 5.78 Å². The SMILES string of the molecule is CCCc1c(OCCCOc2cccc(C#CC(=O)O)c2)ccc(C(C)=O)c1O. The summed E-state index contributed by atoms with van der Waals surface area (Å²) in [5.74, 6) is 4.40. The number of carboxylic acids is 1. The highest BCUT2D eigenvalue weighted by molar-refractivity contribution is 5.97. The number of phenolic OH excluding ortho intramolecular Hbond substituents is 1. The number of aromatic hydroxyl groups is 1. The third kappa shape index (κ3) is 6.58. The lowest BCUT2D eigenvalue weighted by molar-refractivity contribution is -0.130. The molecule has 0 fully saturated rings. The molecule has 0 heterocycles. The van der Waals surface area contributed by atoms with Crippen LogP contribution in [0.1, 0.15) is 48.2 Å². The summed E-state index contributed by atoms with van der Waals surface area (Å²) in [7, 11) is 0. The number of Topliss-reactive ketones (excluding diaryl/α,β-unsaturated/α-hetero) is 1. The zero-order valence-corrected chi connectivity index (χ0v) is 16.5. The molecule has 0 atom stereocenters. The van der Waals surface area contributed by atoms with Crippen molar-refractivity contribution in [2.45, 2.75) is 33.1 Å². The summed E-state index contributed by atoms with van der Waals surface area (Å²) in [4.78, 5) is 22.1. The second-order valence-corrected chi connectivity index (χ2v) is 6.38. The van der Waals surface area contributed by atoms with Crippen molar-refractivity contribution in [3.63, 3.8) is 0 Å². The standard InChI is InChI=1S/C23H24O6/c1-3-6-20-21(11-10-19(16(2)24)23(20)27)29-14-5-13-28-18-8-4-7-17(15-18)9-12-22(25)26/h4,7-8,10-11,15,27H,3,5-6,13-14H2,1-2H3,(H,25,26). The molecule has 0 spiro atoms. The monoisotopic (exact) mass is 396 g/mol. The lowest BCUT2D eigenvalue weighted by atomic mass is 10.0. The van der Waals surface area contributed by atoms with Gasteiger partial charge in [-0.2, -0.15) is 0 Å². The van der Waals surface area contributed by atoms with E-state index in [1.165, 1.54) is 6.92 Å². The van der Waals surface area contributed by atoms with Crippen molar-refractivity contribution in [1.29, 1.82) is 0 Å². The zero-order chi connectivity index (χ0) is 21.2. The number of rotatable bonds is 9. The van der Waals surface area contributed by atoms with E-state index < -0.39 is 5.97 Å². The fourth-order valence-corrected chi connectivity index (χ4v) is 2.75. The largest absolute Gasteiger partial charge is 0.507 e. The number of hydrogen-bond donors (Lipinski definition) is 2. The first-order chi connectivity index (χ1) is 13.9. The molecule has 29 heavy (non-hydrogen) atoms. The summed E-state index contributed by atoms with van der Waals surface area (Å²) in [5, 5.41) is 19.0. The summed E-state index contributed by atoms with van der Waals surface area (Å²) in [5.41, 5.74) is 1.51. The van der Waals surface area contributed by atoms with Crippen LogP contribution in [0.4, 0.5) is 0 Å². The predicted molar refractivity (Wildman–Crippen MR) is 109 cm³/mol. The first-order valence-electron chi connectivity index (χ1n) is 9.38. The van der Waals surface area contributed by atoms with Crippen LogP contribution in [0.25, 0.3) is 0 Å². The second-order valence-electron chi connectivity index (χ2n) is 6.38. The van der Waals surface area contributed by atoms with E-state index in [4.69, 9.17) is 14.6 Å². The normalized spacial score (nSPS) is 10.0. The summed E-state index contributed by atoms with van der Waals surface area (Å²) >= 11 is 0. The van der Waals surface area contributed by atoms with Crippen molar-refractivity contribution in [2.24, 2.45) is 0 Å². The second kappa shape index (κ2) is 10.8. The number of hydrogen-bond acceptors (Lipinski definition) is 5. The Morgan fingerprint density at radius 1 is 1.10 bits per heavy atom. The number of carbonyl (C=O) groups is 2. The summed E-state index contributed by atoms with van der Waals surface area (Å²) in [6, 6.07) is 10.2. The van der Waals surface area contributed by atoms with E-state index in [1.807, 2.05) is 6.92 Å². The van der Waals surface area contributed by atoms with Crippen LogP contribution in [-0.2, 0) is 11.2 Å². The highest BCUT2D eigenvalue weighted by Crippen LogP contribution is 2.33. The van der Waals surface area contributed by atoms with Gasteiger partial charge in [0.1, 0.15) is 17.2 Å². The van der Waals surface area contributed by atoms with Crippen molar-refractivity contribution in [1.82, 2.24) is 0 Å². The molecule has 0 aromatic heterocycles. The van der Waals surface area contributed by atoms with Gasteiger partial charge in [0.2, 0.25) is 0 Å². The Hall–Kier alpha value is -3.46. The molecule has 0 aliphatic heterocycles. The quantitative estimate of drug-likeness (QED) is 0.380. The number of ether oxygens (including phenoxy) is 2. The number of carboxylic acid groups (broad SMARTS) is 1. The number of benzene rings is 2.